The highest BCUT2D eigenvalue weighted by atomic mass is 16.5. The Bertz CT molecular complexity index is 441. The lowest BCUT2D eigenvalue weighted by molar-refractivity contribution is 0.221. The quantitative estimate of drug-likeness (QED) is 0.909. The molecule has 0 aromatic carbocycles. The first-order valence-electron chi connectivity index (χ1n) is 7.39. The van der Waals surface area contributed by atoms with Crippen LogP contribution in [0.2, 0.25) is 0 Å². The van der Waals surface area contributed by atoms with Gasteiger partial charge in [-0.2, -0.15) is 15.0 Å². The number of hydrogen-bond acceptors (Lipinski definition) is 6. The Morgan fingerprint density at radius 3 is 2.30 bits per heavy atom. The molecule has 0 amide bonds. The Balaban J connectivity index is 2.07. The van der Waals surface area contributed by atoms with E-state index in [9.17, 15) is 0 Å². The molecule has 1 fully saturated rings. The van der Waals surface area contributed by atoms with Crippen LogP contribution in [0, 0.1) is 11.8 Å². The molecule has 1 saturated heterocycles. The van der Waals surface area contributed by atoms with Crippen LogP contribution in [0.4, 0.5) is 11.9 Å². The van der Waals surface area contributed by atoms with Crippen LogP contribution < -0.4 is 15.4 Å². The first kappa shape index (κ1) is 14.8. The smallest absolute Gasteiger partial charge is 0.323 e. The van der Waals surface area contributed by atoms with E-state index in [1.54, 1.807) is 0 Å². The second kappa shape index (κ2) is 6.24. The molecule has 2 heterocycles. The predicted molar refractivity (Wildman–Crippen MR) is 79.8 cm³/mol. The fourth-order valence-electron chi connectivity index (χ4n) is 2.53. The zero-order valence-electron chi connectivity index (χ0n) is 12.8. The summed E-state index contributed by atoms with van der Waals surface area (Å²) in [5.74, 6) is 2.38. The normalized spacial score (nSPS) is 17.0. The van der Waals surface area contributed by atoms with Crippen LogP contribution in [-0.4, -0.2) is 34.1 Å². The second-order valence-electron chi connectivity index (χ2n) is 6.01. The number of nitrogen functional groups attached to an aromatic ring is 1. The zero-order chi connectivity index (χ0) is 14.7. The number of hydrogen-bond donors (Lipinski definition) is 1. The van der Waals surface area contributed by atoms with E-state index in [2.05, 4.69) is 33.7 Å². The molecule has 0 bridgehead atoms. The van der Waals surface area contributed by atoms with Crippen LogP contribution in [-0.2, 0) is 0 Å². The first-order valence-corrected chi connectivity index (χ1v) is 7.39. The van der Waals surface area contributed by atoms with Gasteiger partial charge in [-0.25, -0.2) is 0 Å². The minimum absolute atomic E-state index is 0.0244. The van der Waals surface area contributed by atoms with Gasteiger partial charge in [-0.3, -0.25) is 0 Å². The molecule has 1 aromatic rings. The molecule has 2 rings (SSSR count). The van der Waals surface area contributed by atoms with Crippen molar-refractivity contribution in [3.05, 3.63) is 0 Å². The molecule has 0 radical (unpaired) electrons. The molecule has 0 atom stereocenters. The van der Waals surface area contributed by atoms with Crippen molar-refractivity contribution in [1.82, 2.24) is 15.0 Å². The van der Waals surface area contributed by atoms with Gasteiger partial charge in [0.15, 0.2) is 0 Å². The van der Waals surface area contributed by atoms with Gasteiger partial charge in [0.05, 0.1) is 6.10 Å². The van der Waals surface area contributed by atoms with E-state index in [1.807, 2.05) is 13.8 Å². The van der Waals surface area contributed by atoms with Gasteiger partial charge >= 0.3 is 6.01 Å². The average molecular weight is 279 g/mol. The summed E-state index contributed by atoms with van der Waals surface area (Å²) in [5.41, 5.74) is 5.75. The molecule has 20 heavy (non-hydrogen) atoms. The number of ether oxygens (including phenoxy) is 1. The Hall–Kier alpha value is -1.59. The molecule has 1 aliphatic heterocycles. The monoisotopic (exact) mass is 279 g/mol. The highest BCUT2D eigenvalue weighted by Gasteiger charge is 2.23. The van der Waals surface area contributed by atoms with Gasteiger partial charge in [0, 0.05) is 13.1 Å². The van der Waals surface area contributed by atoms with Crippen LogP contribution in [0.5, 0.6) is 6.01 Å². The summed E-state index contributed by atoms with van der Waals surface area (Å²) in [6, 6.07) is 0.313. The summed E-state index contributed by atoms with van der Waals surface area (Å²) in [5, 5.41) is 0. The standard InChI is InChI=1S/C14H25N5O/c1-9(2)11-5-7-19(8-6-11)13-16-12(15)17-14(18-13)20-10(3)4/h9-11H,5-8H2,1-4H3,(H2,15,16,17,18). The number of anilines is 2. The molecular formula is C14H25N5O. The van der Waals surface area contributed by atoms with Crippen LogP contribution in [0.25, 0.3) is 0 Å². The highest BCUT2D eigenvalue weighted by molar-refractivity contribution is 5.36. The molecule has 0 spiro atoms. The van der Waals surface area contributed by atoms with Gasteiger partial charge < -0.3 is 15.4 Å². The van der Waals surface area contributed by atoms with Gasteiger partial charge in [0.25, 0.3) is 0 Å². The lowest BCUT2D eigenvalue weighted by atomic mass is 9.87. The van der Waals surface area contributed by atoms with Crippen LogP contribution in [0.1, 0.15) is 40.5 Å². The Morgan fingerprint density at radius 1 is 1.10 bits per heavy atom. The first-order chi connectivity index (χ1) is 9.45. The van der Waals surface area contributed by atoms with Crippen molar-refractivity contribution >= 4 is 11.9 Å². The van der Waals surface area contributed by atoms with Crippen molar-refractivity contribution in [1.29, 1.82) is 0 Å². The summed E-state index contributed by atoms with van der Waals surface area (Å²) in [4.78, 5) is 14.8. The van der Waals surface area contributed by atoms with Crippen LogP contribution in [0.3, 0.4) is 0 Å². The molecule has 0 unspecified atom stereocenters. The number of piperidine rings is 1. The summed E-state index contributed by atoms with van der Waals surface area (Å²) in [7, 11) is 0. The van der Waals surface area contributed by atoms with Crippen molar-refractivity contribution < 1.29 is 4.74 Å². The van der Waals surface area contributed by atoms with E-state index in [1.165, 1.54) is 12.8 Å². The molecule has 2 N–H and O–H groups in total. The molecule has 1 aliphatic rings. The van der Waals surface area contributed by atoms with Crippen LogP contribution >= 0.6 is 0 Å². The predicted octanol–water partition coefficient (Wildman–Crippen LogP) is 2.11. The highest BCUT2D eigenvalue weighted by Crippen LogP contribution is 2.27. The maximum atomic E-state index is 5.75. The second-order valence-corrected chi connectivity index (χ2v) is 6.01. The Labute approximate surface area is 120 Å². The van der Waals surface area contributed by atoms with Gasteiger partial charge in [-0.15, -0.1) is 0 Å². The van der Waals surface area contributed by atoms with Crippen molar-refractivity contribution in [3.8, 4) is 6.01 Å². The van der Waals surface area contributed by atoms with E-state index in [4.69, 9.17) is 10.5 Å². The molecule has 6 heteroatoms. The van der Waals surface area contributed by atoms with E-state index in [0.29, 0.717) is 12.0 Å². The summed E-state index contributed by atoms with van der Waals surface area (Å²) < 4.78 is 5.52. The van der Waals surface area contributed by atoms with Crippen molar-refractivity contribution in [2.24, 2.45) is 11.8 Å². The van der Waals surface area contributed by atoms with Crippen molar-refractivity contribution in [2.45, 2.75) is 46.6 Å². The third kappa shape index (κ3) is 3.71. The number of aromatic nitrogens is 3. The molecule has 0 aliphatic carbocycles. The van der Waals surface area contributed by atoms with Crippen molar-refractivity contribution in [3.63, 3.8) is 0 Å². The van der Waals surface area contributed by atoms with Gasteiger partial charge in [0.2, 0.25) is 11.9 Å². The average Bonchev–Trinajstić information content (AvgIpc) is 2.37. The summed E-state index contributed by atoms with van der Waals surface area (Å²) in [6.07, 6.45) is 2.36. The SMILES string of the molecule is CC(C)Oc1nc(N)nc(N2CCC(C(C)C)CC2)n1. The number of rotatable bonds is 4. The van der Waals surface area contributed by atoms with E-state index in [0.717, 1.165) is 24.9 Å². The van der Waals surface area contributed by atoms with Gasteiger partial charge in [-0.05, 0) is 38.5 Å². The summed E-state index contributed by atoms with van der Waals surface area (Å²) >= 11 is 0. The van der Waals surface area contributed by atoms with E-state index in [-0.39, 0.29) is 12.1 Å². The minimum atomic E-state index is 0.0244. The van der Waals surface area contributed by atoms with Crippen molar-refractivity contribution in [2.75, 3.05) is 23.7 Å². The third-order valence-corrected chi connectivity index (χ3v) is 3.73. The van der Waals surface area contributed by atoms with E-state index < -0.39 is 0 Å². The largest absolute Gasteiger partial charge is 0.461 e. The third-order valence-electron chi connectivity index (χ3n) is 3.73. The van der Waals surface area contributed by atoms with Crippen LogP contribution in [0.15, 0.2) is 0 Å². The molecule has 1 aromatic heterocycles. The lowest BCUT2D eigenvalue weighted by Gasteiger charge is -2.33. The topological polar surface area (TPSA) is 77.2 Å². The van der Waals surface area contributed by atoms with Gasteiger partial charge in [0.1, 0.15) is 0 Å². The minimum Gasteiger partial charge on any atom is -0.461 e. The number of nitrogens with zero attached hydrogens (tertiary/aromatic N) is 4. The Morgan fingerprint density at radius 2 is 1.75 bits per heavy atom. The molecule has 0 saturated carbocycles. The zero-order valence-corrected chi connectivity index (χ0v) is 12.8. The van der Waals surface area contributed by atoms with Gasteiger partial charge in [-0.1, -0.05) is 13.8 Å². The molecule has 6 nitrogen and oxygen atoms in total. The Kier molecular flexibility index (Phi) is 4.62. The fraction of sp³-hybridized carbons (Fsp3) is 0.786. The molecule has 112 valence electrons. The number of nitrogens with two attached hydrogens (primary N) is 1. The van der Waals surface area contributed by atoms with E-state index >= 15 is 0 Å². The maximum Gasteiger partial charge on any atom is 0.323 e. The maximum absolute atomic E-state index is 5.75. The molecular weight excluding hydrogens is 254 g/mol. The summed E-state index contributed by atoms with van der Waals surface area (Å²) in [6.45, 7) is 10.4. The fourth-order valence-corrected chi connectivity index (χ4v) is 2.53. The lowest BCUT2D eigenvalue weighted by Crippen LogP contribution is -2.36.